The Balaban J connectivity index is 1.88. The SMILES string of the molecule is CCn1ncc(C(C)NC(=O)CCn2ccc(C)n2)c1C. The zero-order valence-corrected chi connectivity index (χ0v) is 13.1. The van der Waals surface area contributed by atoms with Gasteiger partial charge < -0.3 is 5.32 Å². The lowest BCUT2D eigenvalue weighted by atomic mass is 10.1. The molecule has 2 aromatic rings. The normalized spacial score (nSPS) is 12.4. The van der Waals surface area contributed by atoms with Crippen LogP contribution in [0, 0.1) is 13.8 Å². The van der Waals surface area contributed by atoms with Crippen molar-refractivity contribution in [2.45, 2.75) is 53.2 Å². The van der Waals surface area contributed by atoms with Crippen LogP contribution in [0.15, 0.2) is 18.5 Å². The summed E-state index contributed by atoms with van der Waals surface area (Å²) in [4.78, 5) is 12.0. The summed E-state index contributed by atoms with van der Waals surface area (Å²) in [5.74, 6) is 0.0271. The summed E-state index contributed by atoms with van der Waals surface area (Å²) in [6.07, 6.45) is 4.15. The van der Waals surface area contributed by atoms with Crippen LogP contribution in [0.5, 0.6) is 0 Å². The summed E-state index contributed by atoms with van der Waals surface area (Å²) >= 11 is 0. The third kappa shape index (κ3) is 3.71. The van der Waals surface area contributed by atoms with Gasteiger partial charge in [0, 0.05) is 37.0 Å². The van der Waals surface area contributed by atoms with Crippen molar-refractivity contribution < 1.29 is 4.79 Å². The highest BCUT2D eigenvalue weighted by atomic mass is 16.1. The second kappa shape index (κ2) is 6.56. The Morgan fingerprint density at radius 3 is 2.76 bits per heavy atom. The molecule has 1 unspecified atom stereocenters. The smallest absolute Gasteiger partial charge is 0.222 e. The fourth-order valence-corrected chi connectivity index (χ4v) is 2.40. The van der Waals surface area contributed by atoms with E-state index in [0.29, 0.717) is 13.0 Å². The van der Waals surface area contributed by atoms with Crippen LogP contribution in [-0.2, 0) is 17.9 Å². The molecule has 0 aliphatic carbocycles. The van der Waals surface area contributed by atoms with E-state index >= 15 is 0 Å². The summed E-state index contributed by atoms with van der Waals surface area (Å²) in [6.45, 7) is 9.44. The number of hydrogen-bond donors (Lipinski definition) is 1. The molecule has 0 saturated heterocycles. The molecule has 114 valence electrons. The second-order valence-electron chi connectivity index (χ2n) is 5.26. The lowest BCUT2D eigenvalue weighted by Crippen LogP contribution is -2.27. The van der Waals surface area contributed by atoms with Crippen molar-refractivity contribution in [2.24, 2.45) is 0 Å². The second-order valence-corrected chi connectivity index (χ2v) is 5.26. The molecule has 1 amide bonds. The molecule has 1 atom stereocenters. The van der Waals surface area contributed by atoms with Crippen molar-refractivity contribution in [2.75, 3.05) is 0 Å². The van der Waals surface area contributed by atoms with E-state index in [1.165, 1.54) is 0 Å². The first kappa shape index (κ1) is 15.3. The average molecular weight is 289 g/mol. The summed E-state index contributed by atoms with van der Waals surface area (Å²) in [5.41, 5.74) is 3.14. The molecule has 0 saturated carbocycles. The van der Waals surface area contributed by atoms with Crippen molar-refractivity contribution >= 4 is 5.91 Å². The van der Waals surface area contributed by atoms with Gasteiger partial charge in [0.2, 0.25) is 5.91 Å². The molecule has 2 rings (SSSR count). The lowest BCUT2D eigenvalue weighted by molar-refractivity contribution is -0.122. The number of nitrogens with one attached hydrogen (secondary N) is 1. The monoisotopic (exact) mass is 289 g/mol. The number of rotatable bonds is 6. The maximum atomic E-state index is 12.0. The highest BCUT2D eigenvalue weighted by Gasteiger charge is 2.15. The predicted octanol–water partition coefficient (Wildman–Crippen LogP) is 1.98. The number of amides is 1. The maximum absolute atomic E-state index is 12.0. The van der Waals surface area contributed by atoms with E-state index in [2.05, 4.69) is 22.4 Å². The minimum Gasteiger partial charge on any atom is -0.349 e. The van der Waals surface area contributed by atoms with E-state index < -0.39 is 0 Å². The molecule has 0 aliphatic rings. The van der Waals surface area contributed by atoms with Crippen LogP contribution >= 0.6 is 0 Å². The van der Waals surface area contributed by atoms with Crippen LogP contribution in [0.3, 0.4) is 0 Å². The molecule has 2 heterocycles. The number of hydrogen-bond acceptors (Lipinski definition) is 3. The molecular weight excluding hydrogens is 266 g/mol. The van der Waals surface area contributed by atoms with Gasteiger partial charge in [-0.1, -0.05) is 0 Å². The fourth-order valence-electron chi connectivity index (χ4n) is 2.40. The summed E-state index contributed by atoms with van der Waals surface area (Å²) in [7, 11) is 0. The van der Waals surface area contributed by atoms with Crippen LogP contribution < -0.4 is 5.32 Å². The fraction of sp³-hybridized carbons (Fsp3) is 0.533. The largest absolute Gasteiger partial charge is 0.349 e. The van der Waals surface area contributed by atoms with Crippen LogP contribution in [0.4, 0.5) is 0 Å². The first-order valence-corrected chi connectivity index (χ1v) is 7.33. The quantitative estimate of drug-likeness (QED) is 0.884. The topological polar surface area (TPSA) is 64.7 Å². The van der Waals surface area contributed by atoms with Gasteiger partial charge >= 0.3 is 0 Å². The standard InChI is InChI=1S/C15H23N5O/c1-5-20-13(4)14(10-16-20)12(3)17-15(21)7-9-19-8-6-11(2)18-19/h6,8,10,12H,5,7,9H2,1-4H3,(H,17,21). The third-order valence-corrected chi connectivity index (χ3v) is 3.63. The van der Waals surface area contributed by atoms with Gasteiger partial charge in [-0.2, -0.15) is 10.2 Å². The van der Waals surface area contributed by atoms with Crippen molar-refractivity contribution in [3.05, 3.63) is 35.4 Å². The molecule has 0 radical (unpaired) electrons. The van der Waals surface area contributed by atoms with E-state index in [0.717, 1.165) is 23.5 Å². The number of aryl methyl sites for hydroxylation is 3. The van der Waals surface area contributed by atoms with Gasteiger partial charge in [-0.25, -0.2) is 0 Å². The minimum absolute atomic E-state index is 0.0271. The van der Waals surface area contributed by atoms with Gasteiger partial charge in [0.1, 0.15) is 0 Å². The summed E-state index contributed by atoms with van der Waals surface area (Å²) < 4.78 is 3.73. The first-order valence-electron chi connectivity index (χ1n) is 7.33. The number of carbonyl (C=O) groups is 1. The van der Waals surface area contributed by atoms with Crippen LogP contribution in [-0.4, -0.2) is 25.5 Å². The zero-order valence-electron chi connectivity index (χ0n) is 13.1. The molecule has 2 aromatic heterocycles. The van der Waals surface area contributed by atoms with E-state index in [4.69, 9.17) is 0 Å². The van der Waals surface area contributed by atoms with Crippen LogP contribution in [0.1, 0.15) is 43.3 Å². The molecule has 6 heteroatoms. The molecule has 0 aliphatic heterocycles. The molecule has 0 spiro atoms. The summed E-state index contributed by atoms with van der Waals surface area (Å²) in [5, 5.41) is 11.6. The van der Waals surface area contributed by atoms with Crippen molar-refractivity contribution in [3.8, 4) is 0 Å². The Hall–Kier alpha value is -2.11. The Kier molecular flexibility index (Phi) is 4.77. The summed E-state index contributed by atoms with van der Waals surface area (Å²) in [6, 6.07) is 1.90. The number of carbonyl (C=O) groups excluding carboxylic acids is 1. The molecule has 6 nitrogen and oxygen atoms in total. The minimum atomic E-state index is -0.0304. The van der Waals surface area contributed by atoms with Gasteiger partial charge in [-0.05, 0) is 33.8 Å². The van der Waals surface area contributed by atoms with Gasteiger partial charge in [0.25, 0.3) is 0 Å². The van der Waals surface area contributed by atoms with Crippen LogP contribution in [0.25, 0.3) is 0 Å². The molecule has 0 fully saturated rings. The third-order valence-electron chi connectivity index (χ3n) is 3.63. The first-order chi connectivity index (χ1) is 10.0. The van der Waals surface area contributed by atoms with Crippen LogP contribution in [0.2, 0.25) is 0 Å². The highest BCUT2D eigenvalue weighted by Crippen LogP contribution is 2.16. The molecule has 1 N–H and O–H groups in total. The van der Waals surface area contributed by atoms with Gasteiger partial charge in [0.15, 0.2) is 0 Å². The lowest BCUT2D eigenvalue weighted by Gasteiger charge is -2.14. The maximum Gasteiger partial charge on any atom is 0.222 e. The molecular formula is C15H23N5O. The van der Waals surface area contributed by atoms with E-state index in [1.54, 1.807) is 4.68 Å². The van der Waals surface area contributed by atoms with Crippen molar-refractivity contribution in [3.63, 3.8) is 0 Å². The van der Waals surface area contributed by atoms with Crippen molar-refractivity contribution in [1.82, 2.24) is 24.9 Å². The van der Waals surface area contributed by atoms with E-state index in [-0.39, 0.29) is 11.9 Å². The van der Waals surface area contributed by atoms with Crippen molar-refractivity contribution in [1.29, 1.82) is 0 Å². The Morgan fingerprint density at radius 1 is 1.43 bits per heavy atom. The Morgan fingerprint density at radius 2 is 2.19 bits per heavy atom. The predicted molar refractivity (Wildman–Crippen MR) is 80.8 cm³/mol. The van der Waals surface area contributed by atoms with E-state index in [1.807, 2.05) is 43.9 Å². The zero-order chi connectivity index (χ0) is 15.4. The van der Waals surface area contributed by atoms with Gasteiger partial charge in [-0.3, -0.25) is 14.2 Å². The number of nitrogens with zero attached hydrogens (tertiary/aromatic N) is 4. The van der Waals surface area contributed by atoms with Gasteiger partial charge in [0.05, 0.1) is 17.9 Å². The number of aromatic nitrogens is 4. The Bertz CT molecular complexity index is 613. The molecule has 21 heavy (non-hydrogen) atoms. The highest BCUT2D eigenvalue weighted by molar-refractivity contribution is 5.76. The Labute approximate surface area is 125 Å². The molecule has 0 aromatic carbocycles. The van der Waals surface area contributed by atoms with E-state index in [9.17, 15) is 4.79 Å². The molecule has 0 bridgehead atoms. The average Bonchev–Trinajstić information content (AvgIpc) is 3.02. The van der Waals surface area contributed by atoms with Gasteiger partial charge in [-0.15, -0.1) is 0 Å².